The van der Waals surface area contributed by atoms with Gasteiger partial charge in [-0.05, 0) is 24.8 Å². The lowest BCUT2D eigenvalue weighted by atomic mass is 10.0. The molecule has 4 nitrogen and oxygen atoms in total. The van der Waals surface area contributed by atoms with Gasteiger partial charge in [0.1, 0.15) is 0 Å². The minimum absolute atomic E-state index is 0.224. The second-order valence-corrected chi connectivity index (χ2v) is 3.69. The molecule has 0 spiro atoms. The van der Waals surface area contributed by atoms with Crippen molar-refractivity contribution in [1.29, 1.82) is 0 Å². The highest BCUT2D eigenvalue weighted by molar-refractivity contribution is 5.66. The summed E-state index contributed by atoms with van der Waals surface area (Å²) in [4.78, 5) is 10.4. The summed E-state index contributed by atoms with van der Waals surface area (Å²) >= 11 is 0. The fourth-order valence-corrected chi connectivity index (χ4v) is 1.44. The van der Waals surface area contributed by atoms with Crippen LogP contribution in [0, 0.1) is 5.92 Å². The molecule has 78 valence electrons. The van der Waals surface area contributed by atoms with Crippen molar-refractivity contribution in [3.8, 4) is 0 Å². The molecule has 1 heterocycles. The van der Waals surface area contributed by atoms with Crippen LogP contribution in [0.4, 0.5) is 0 Å². The van der Waals surface area contributed by atoms with Crippen molar-refractivity contribution >= 4 is 5.97 Å². The second-order valence-electron chi connectivity index (χ2n) is 3.69. The zero-order chi connectivity index (χ0) is 10.6. The zero-order valence-electron chi connectivity index (χ0n) is 8.60. The van der Waals surface area contributed by atoms with Crippen molar-refractivity contribution in [1.82, 2.24) is 9.78 Å². The SMILES string of the molecule is CC(CCc1ccnn1C)CC(=O)O. The highest BCUT2D eigenvalue weighted by Gasteiger charge is 2.08. The molecule has 0 saturated heterocycles. The molecule has 1 rings (SSSR count). The van der Waals surface area contributed by atoms with Crippen LogP contribution in [0.5, 0.6) is 0 Å². The minimum Gasteiger partial charge on any atom is -0.481 e. The van der Waals surface area contributed by atoms with Crippen LogP contribution in [0.2, 0.25) is 0 Å². The summed E-state index contributed by atoms with van der Waals surface area (Å²) in [6.45, 7) is 1.96. The molecule has 1 aromatic rings. The van der Waals surface area contributed by atoms with E-state index in [1.165, 1.54) is 0 Å². The summed E-state index contributed by atoms with van der Waals surface area (Å²) in [7, 11) is 1.90. The van der Waals surface area contributed by atoms with Gasteiger partial charge in [0.05, 0.1) is 0 Å². The number of aryl methyl sites for hydroxylation is 2. The van der Waals surface area contributed by atoms with Crippen molar-refractivity contribution in [3.63, 3.8) is 0 Å². The summed E-state index contributed by atoms with van der Waals surface area (Å²) in [6, 6.07) is 1.97. The van der Waals surface area contributed by atoms with Crippen LogP contribution >= 0.6 is 0 Å². The predicted octanol–water partition coefficient (Wildman–Crippen LogP) is 1.46. The van der Waals surface area contributed by atoms with Crippen LogP contribution in [0.3, 0.4) is 0 Å². The molecule has 0 aliphatic carbocycles. The Hall–Kier alpha value is -1.32. The number of hydrogen-bond acceptors (Lipinski definition) is 2. The van der Waals surface area contributed by atoms with Gasteiger partial charge in [0.2, 0.25) is 0 Å². The Kier molecular flexibility index (Phi) is 3.68. The Bertz CT molecular complexity index is 307. The number of carboxylic acid groups (broad SMARTS) is 1. The van der Waals surface area contributed by atoms with Gasteiger partial charge in [-0.2, -0.15) is 5.10 Å². The van der Waals surface area contributed by atoms with Gasteiger partial charge in [-0.3, -0.25) is 9.48 Å². The van der Waals surface area contributed by atoms with Gasteiger partial charge in [-0.15, -0.1) is 0 Å². The predicted molar refractivity (Wildman–Crippen MR) is 52.9 cm³/mol. The lowest BCUT2D eigenvalue weighted by molar-refractivity contribution is -0.138. The van der Waals surface area contributed by atoms with Crippen LogP contribution in [0.15, 0.2) is 12.3 Å². The molecule has 1 aromatic heterocycles. The van der Waals surface area contributed by atoms with E-state index >= 15 is 0 Å². The van der Waals surface area contributed by atoms with E-state index in [-0.39, 0.29) is 12.3 Å². The first kappa shape index (κ1) is 10.8. The number of carbonyl (C=O) groups is 1. The first-order valence-electron chi connectivity index (χ1n) is 4.78. The quantitative estimate of drug-likeness (QED) is 0.775. The van der Waals surface area contributed by atoms with E-state index in [0.29, 0.717) is 0 Å². The lowest BCUT2D eigenvalue weighted by Crippen LogP contribution is -2.07. The number of hydrogen-bond donors (Lipinski definition) is 1. The monoisotopic (exact) mass is 196 g/mol. The molecular formula is C10H16N2O2. The van der Waals surface area contributed by atoms with Crippen LogP contribution in [-0.2, 0) is 18.3 Å². The number of aromatic nitrogens is 2. The van der Waals surface area contributed by atoms with E-state index in [4.69, 9.17) is 5.11 Å². The molecule has 1 N–H and O–H groups in total. The second kappa shape index (κ2) is 4.79. The van der Waals surface area contributed by atoms with E-state index in [1.54, 1.807) is 6.20 Å². The molecule has 0 aliphatic heterocycles. The smallest absolute Gasteiger partial charge is 0.303 e. The Morgan fingerprint density at radius 1 is 1.71 bits per heavy atom. The third-order valence-corrected chi connectivity index (χ3v) is 2.34. The summed E-state index contributed by atoms with van der Waals surface area (Å²) in [6.07, 6.45) is 3.80. The number of aliphatic carboxylic acids is 1. The standard InChI is InChI=1S/C10H16N2O2/c1-8(7-10(13)14)3-4-9-5-6-11-12(9)2/h5-6,8H,3-4,7H2,1-2H3,(H,13,14). The average Bonchev–Trinajstić information content (AvgIpc) is 2.46. The molecule has 0 saturated carbocycles. The van der Waals surface area contributed by atoms with Crippen molar-refractivity contribution < 1.29 is 9.90 Å². The molecule has 0 bridgehead atoms. The molecule has 0 radical (unpaired) electrons. The molecule has 0 fully saturated rings. The molecule has 1 unspecified atom stereocenters. The Morgan fingerprint density at radius 3 is 2.93 bits per heavy atom. The fraction of sp³-hybridized carbons (Fsp3) is 0.600. The topological polar surface area (TPSA) is 55.1 Å². The molecule has 0 aromatic carbocycles. The van der Waals surface area contributed by atoms with Gasteiger partial charge in [0.15, 0.2) is 0 Å². The van der Waals surface area contributed by atoms with Gasteiger partial charge in [0, 0.05) is 25.4 Å². The van der Waals surface area contributed by atoms with Crippen molar-refractivity contribution in [2.24, 2.45) is 13.0 Å². The number of nitrogens with zero attached hydrogens (tertiary/aromatic N) is 2. The summed E-state index contributed by atoms with van der Waals surface area (Å²) in [5.41, 5.74) is 1.15. The van der Waals surface area contributed by atoms with Crippen molar-refractivity contribution in [3.05, 3.63) is 18.0 Å². The largest absolute Gasteiger partial charge is 0.481 e. The Morgan fingerprint density at radius 2 is 2.43 bits per heavy atom. The molecular weight excluding hydrogens is 180 g/mol. The maximum atomic E-state index is 10.4. The van der Waals surface area contributed by atoms with Crippen LogP contribution in [-0.4, -0.2) is 20.9 Å². The minimum atomic E-state index is -0.720. The highest BCUT2D eigenvalue weighted by atomic mass is 16.4. The van der Waals surface area contributed by atoms with E-state index in [0.717, 1.165) is 18.5 Å². The van der Waals surface area contributed by atoms with Crippen LogP contribution in [0.25, 0.3) is 0 Å². The third kappa shape index (κ3) is 3.20. The maximum absolute atomic E-state index is 10.4. The Balaban J connectivity index is 2.34. The first-order valence-corrected chi connectivity index (χ1v) is 4.78. The third-order valence-electron chi connectivity index (χ3n) is 2.34. The number of carboxylic acids is 1. The van der Waals surface area contributed by atoms with Crippen molar-refractivity contribution in [2.75, 3.05) is 0 Å². The highest BCUT2D eigenvalue weighted by Crippen LogP contribution is 2.11. The van der Waals surface area contributed by atoms with E-state index in [9.17, 15) is 4.79 Å². The van der Waals surface area contributed by atoms with E-state index < -0.39 is 5.97 Å². The van der Waals surface area contributed by atoms with E-state index in [1.807, 2.05) is 24.7 Å². The fourth-order valence-electron chi connectivity index (χ4n) is 1.44. The number of rotatable bonds is 5. The summed E-state index contributed by atoms with van der Waals surface area (Å²) < 4.78 is 1.83. The van der Waals surface area contributed by atoms with Gasteiger partial charge in [0.25, 0.3) is 0 Å². The van der Waals surface area contributed by atoms with Gasteiger partial charge in [-0.1, -0.05) is 6.92 Å². The first-order chi connectivity index (χ1) is 6.59. The zero-order valence-corrected chi connectivity index (χ0v) is 8.60. The normalized spacial score (nSPS) is 12.7. The molecule has 4 heteroatoms. The summed E-state index contributed by atoms with van der Waals surface area (Å²) in [5, 5.41) is 12.6. The average molecular weight is 196 g/mol. The van der Waals surface area contributed by atoms with Crippen LogP contribution < -0.4 is 0 Å². The van der Waals surface area contributed by atoms with Gasteiger partial charge >= 0.3 is 5.97 Å². The van der Waals surface area contributed by atoms with Gasteiger partial charge < -0.3 is 5.11 Å². The molecule has 14 heavy (non-hydrogen) atoms. The lowest BCUT2D eigenvalue weighted by Gasteiger charge is -2.07. The van der Waals surface area contributed by atoms with E-state index in [2.05, 4.69) is 5.10 Å². The van der Waals surface area contributed by atoms with Crippen LogP contribution in [0.1, 0.15) is 25.5 Å². The Labute approximate surface area is 83.5 Å². The summed E-state index contributed by atoms with van der Waals surface area (Å²) in [5.74, 6) is -0.495. The molecule has 0 amide bonds. The molecule has 0 aliphatic rings. The van der Waals surface area contributed by atoms with Crippen molar-refractivity contribution in [2.45, 2.75) is 26.2 Å². The van der Waals surface area contributed by atoms with Gasteiger partial charge in [-0.25, -0.2) is 0 Å². The maximum Gasteiger partial charge on any atom is 0.303 e. The molecule has 1 atom stereocenters.